The largest absolute Gasteiger partial charge is 0.546 e. The Hall–Kier alpha value is -3.02. The summed E-state index contributed by atoms with van der Waals surface area (Å²) in [5.74, 6) is 0.219. The van der Waals surface area contributed by atoms with Crippen LogP contribution in [0.2, 0.25) is 0 Å². The van der Waals surface area contributed by atoms with E-state index in [9.17, 15) is 14.7 Å². The number of Topliss-reactive ketones (excluding diaryl/α,β-unsaturated/α-hetero) is 1. The molecule has 0 saturated heterocycles. The van der Waals surface area contributed by atoms with E-state index in [1.54, 1.807) is 65.3 Å². The first-order chi connectivity index (χ1) is 13.7. The molecule has 2 rings (SSSR count). The van der Waals surface area contributed by atoms with Crippen LogP contribution in [0.5, 0.6) is 17.2 Å². The van der Waals surface area contributed by atoms with Crippen LogP contribution in [-0.4, -0.2) is 32.1 Å². The number of carboxylic acid groups (broad SMARTS) is 1. The summed E-state index contributed by atoms with van der Waals surface area (Å²) in [5.41, 5.74) is 0.772. The number of aryl methyl sites for hydroxylation is 1. The maximum atomic E-state index is 12.6. The molecule has 0 heterocycles. The molecular weight excluding hydrogens is 372 g/mol. The molecule has 6 nitrogen and oxygen atoms in total. The Bertz CT molecular complexity index is 866. The Balaban J connectivity index is 2.08. The van der Waals surface area contributed by atoms with Crippen molar-refractivity contribution >= 4 is 11.8 Å². The zero-order valence-electron chi connectivity index (χ0n) is 17.5. The molecule has 0 aliphatic heterocycles. The Kier molecular flexibility index (Phi) is 7.26. The molecule has 2 aromatic carbocycles. The molecule has 0 saturated carbocycles. The van der Waals surface area contributed by atoms with Gasteiger partial charge in [0.05, 0.1) is 20.2 Å². The number of ketones is 1. The van der Waals surface area contributed by atoms with Gasteiger partial charge in [-0.05, 0) is 36.2 Å². The van der Waals surface area contributed by atoms with Crippen molar-refractivity contribution in [2.24, 2.45) is 5.41 Å². The van der Waals surface area contributed by atoms with Gasteiger partial charge < -0.3 is 24.1 Å². The Labute approximate surface area is 171 Å². The molecule has 1 unspecified atom stereocenters. The van der Waals surface area contributed by atoms with E-state index in [1.807, 2.05) is 12.1 Å². The zero-order chi connectivity index (χ0) is 21.6. The topological polar surface area (TPSA) is 84.9 Å². The van der Waals surface area contributed by atoms with E-state index in [1.165, 1.54) is 0 Å². The third-order valence-electron chi connectivity index (χ3n) is 4.50. The van der Waals surface area contributed by atoms with Crippen LogP contribution >= 0.6 is 0 Å². The minimum absolute atomic E-state index is 0.0639. The van der Waals surface area contributed by atoms with Gasteiger partial charge in [0.1, 0.15) is 11.9 Å². The van der Waals surface area contributed by atoms with Gasteiger partial charge in [0.25, 0.3) is 0 Å². The smallest absolute Gasteiger partial charge is 0.163 e. The third kappa shape index (κ3) is 5.98. The predicted octanol–water partition coefficient (Wildman–Crippen LogP) is 3.06. The second-order valence-electron chi connectivity index (χ2n) is 7.82. The molecule has 0 N–H and O–H groups in total. The van der Waals surface area contributed by atoms with Crippen molar-refractivity contribution in [2.75, 3.05) is 14.2 Å². The Morgan fingerprint density at radius 3 is 2.28 bits per heavy atom. The Morgan fingerprint density at radius 1 is 1.00 bits per heavy atom. The van der Waals surface area contributed by atoms with Crippen LogP contribution in [-0.2, 0) is 11.2 Å². The summed E-state index contributed by atoms with van der Waals surface area (Å²) >= 11 is 0. The fourth-order valence-corrected chi connectivity index (χ4v) is 2.90. The van der Waals surface area contributed by atoms with E-state index < -0.39 is 17.5 Å². The summed E-state index contributed by atoms with van der Waals surface area (Å²) < 4.78 is 16.1. The molecule has 1 atom stereocenters. The monoisotopic (exact) mass is 399 g/mol. The van der Waals surface area contributed by atoms with Crippen molar-refractivity contribution < 1.29 is 28.9 Å². The molecule has 0 fully saturated rings. The van der Waals surface area contributed by atoms with E-state index in [2.05, 4.69) is 0 Å². The SMILES string of the molecule is COc1ccc(CCC(=O)c2cccc(OC(C(=O)[O-])C(C)(C)C)c2)cc1OC. The number of hydrogen-bond donors (Lipinski definition) is 0. The first-order valence-corrected chi connectivity index (χ1v) is 9.37. The van der Waals surface area contributed by atoms with Crippen LogP contribution in [0.25, 0.3) is 0 Å². The molecule has 0 bridgehead atoms. The number of aliphatic carboxylic acids is 1. The maximum absolute atomic E-state index is 12.6. The average molecular weight is 399 g/mol. The lowest BCUT2D eigenvalue weighted by atomic mass is 9.89. The highest BCUT2D eigenvalue weighted by Gasteiger charge is 2.28. The summed E-state index contributed by atoms with van der Waals surface area (Å²) in [4.78, 5) is 24.0. The molecule has 0 spiro atoms. The lowest BCUT2D eigenvalue weighted by Crippen LogP contribution is -2.47. The van der Waals surface area contributed by atoms with Gasteiger partial charge in [-0.2, -0.15) is 0 Å². The quantitative estimate of drug-likeness (QED) is 0.603. The van der Waals surface area contributed by atoms with E-state index in [0.29, 0.717) is 35.7 Å². The molecule has 0 amide bonds. The van der Waals surface area contributed by atoms with Gasteiger partial charge in [0.2, 0.25) is 0 Å². The molecule has 29 heavy (non-hydrogen) atoms. The van der Waals surface area contributed by atoms with Crippen LogP contribution in [0.4, 0.5) is 0 Å². The summed E-state index contributed by atoms with van der Waals surface area (Å²) in [7, 11) is 3.14. The molecule has 156 valence electrons. The van der Waals surface area contributed by atoms with Gasteiger partial charge in [-0.3, -0.25) is 4.79 Å². The second-order valence-corrected chi connectivity index (χ2v) is 7.82. The molecule has 0 aromatic heterocycles. The summed E-state index contributed by atoms with van der Waals surface area (Å²) in [5, 5.41) is 11.4. The minimum atomic E-state index is -1.29. The minimum Gasteiger partial charge on any atom is -0.546 e. The predicted molar refractivity (Wildman–Crippen MR) is 108 cm³/mol. The van der Waals surface area contributed by atoms with Gasteiger partial charge in [-0.25, -0.2) is 0 Å². The fraction of sp³-hybridized carbons (Fsp3) is 0.391. The standard InChI is InChI=1S/C23H28O6/c1-23(2,3)21(22(25)26)29-17-8-6-7-16(14-17)18(24)11-9-15-10-12-19(27-4)20(13-15)28-5/h6-8,10,12-14,21H,9,11H2,1-5H3,(H,25,26)/p-1. The second kappa shape index (κ2) is 9.45. The molecule has 0 aliphatic rings. The highest BCUT2D eigenvalue weighted by Crippen LogP contribution is 2.29. The summed E-state index contributed by atoms with van der Waals surface area (Å²) in [6.45, 7) is 5.27. The molecule has 2 aromatic rings. The molecular formula is C23H27O6-. The summed E-state index contributed by atoms with van der Waals surface area (Å²) in [6.07, 6.45) is -0.296. The number of hydrogen-bond acceptors (Lipinski definition) is 6. The van der Waals surface area contributed by atoms with Crippen molar-refractivity contribution in [1.82, 2.24) is 0 Å². The third-order valence-corrected chi connectivity index (χ3v) is 4.50. The number of carbonyl (C=O) groups is 2. The highest BCUT2D eigenvalue weighted by atomic mass is 16.5. The molecule has 0 aliphatic carbocycles. The number of carboxylic acids is 1. The summed E-state index contributed by atoms with van der Waals surface area (Å²) in [6, 6.07) is 12.1. The Morgan fingerprint density at radius 2 is 1.69 bits per heavy atom. The van der Waals surface area contributed by atoms with Crippen LogP contribution < -0.4 is 19.3 Å². The van der Waals surface area contributed by atoms with E-state index in [-0.39, 0.29) is 5.78 Å². The number of rotatable bonds is 9. The van der Waals surface area contributed by atoms with Gasteiger partial charge in [0, 0.05) is 17.4 Å². The zero-order valence-corrected chi connectivity index (χ0v) is 17.5. The van der Waals surface area contributed by atoms with Crippen LogP contribution in [0, 0.1) is 5.41 Å². The van der Waals surface area contributed by atoms with Crippen LogP contribution in [0.1, 0.15) is 43.1 Å². The lowest BCUT2D eigenvalue weighted by Gasteiger charge is -2.31. The normalized spacial score (nSPS) is 12.2. The number of carbonyl (C=O) groups excluding carboxylic acids is 2. The van der Waals surface area contributed by atoms with E-state index >= 15 is 0 Å². The van der Waals surface area contributed by atoms with Gasteiger partial charge in [0.15, 0.2) is 17.3 Å². The lowest BCUT2D eigenvalue weighted by molar-refractivity contribution is -0.317. The first-order valence-electron chi connectivity index (χ1n) is 9.37. The van der Waals surface area contributed by atoms with Crippen molar-refractivity contribution in [3.8, 4) is 17.2 Å². The number of methoxy groups -OCH3 is 2. The first kappa shape index (κ1) is 22.3. The van der Waals surface area contributed by atoms with Crippen molar-refractivity contribution in [3.63, 3.8) is 0 Å². The highest BCUT2D eigenvalue weighted by molar-refractivity contribution is 5.96. The number of benzene rings is 2. The van der Waals surface area contributed by atoms with Gasteiger partial charge in [-0.1, -0.05) is 39.0 Å². The fourth-order valence-electron chi connectivity index (χ4n) is 2.90. The van der Waals surface area contributed by atoms with Gasteiger partial charge >= 0.3 is 0 Å². The van der Waals surface area contributed by atoms with Crippen molar-refractivity contribution in [1.29, 1.82) is 0 Å². The van der Waals surface area contributed by atoms with Crippen LogP contribution in [0.3, 0.4) is 0 Å². The van der Waals surface area contributed by atoms with Crippen LogP contribution in [0.15, 0.2) is 42.5 Å². The average Bonchev–Trinajstić information content (AvgIpc) is 2.69. The van der Waals surface area contributed by atoms with Crippen molar-refractivity contribution in [2.45, 2.75) is 39.7 Å². The van der Waals surface area contributed by atoms with Crippen molar-refractivity contribution in [3.05, 3.63) is 53.6 Å². The maximum Gasteiger partial charge on any atom is 0.163 e. The molecule has 0 radical (unpaired) electrons. The van der Waals surface area contributed by atoms with Gasteiger partial charge in [-0.15, -0.1) is 0 Å². The number of ether oxygens (including phenoxy) is 3. The van der Waals surface area contributed by atoms with E-state index in [4.69, 9.17) is 14.2 Å². The van der Waals surface area contributed by atoms with E-state index in [0.717, 1.165) is 5.56 Å². The molecule has 6 heteroatoms.